The first-order valence-corrected chi connectivity index (χ1v) is 9.26. The molecule has 0 radical (unpaired) electrons. The number of hydrogen-bond acceptors (Lipinski definition) is 5. The van der Waals surface area contributed by atoms with E-state index in [-0.39, 0.29) is 30.1 Å². The highest BCUT2D eigenvalue weighted by atomic mass is 19.1. The van der Waals surface area contributed by atoms with Gasteiger partial charge < -0.3 is 10.2 Å². The molecule has 0 saturated carbocycles. The minimum atomic E-state index is -0.359. The summed E-state index contributed by atoms with van der Waals surface area (Å²) in [4.78, 5) is 44.0. The molecule has 1 aromatic heterocycles. The van der Waals surface area contributed by atoms with Crippen LogP contribution in [0.1, 0.15) is 12.8 Å². The van der Waals surface area contributed by atoms with Crippen molar-refractivity contribution in [3.8, 4) is 11.3 Å². The van der Waals surface area contributed by atoms with Gasteiger partial charge in [0.05, 0.1) is 24.1 Å². The lowest BCUT2D eigenvalue weighted by Gasteiger charge is -2.28. The lowest BCUT2D eigenvalue weighted by Crippen LogP contribution is -2.38. The third-order valence-corrected chi connectivity index (χ3v) is 5.05. The molecule has 0 bridgehead atoms. The molecule has 2 aliphatic heterocycles. The van der Waals surface area contributed by atoms with Gasteiger partial charge in [0.1, 0.15) is 11.5 Å². The minimum absolute atomic E-state index is 0.0224. The molecular formula is C21H19FN4O3. The van der Waals surface area contributed by atoms with Crippen molar-refractivity contribution in [2.75, 3.05) is 25.5 Å². The highest BCUT2D eigenvalue weighted by molar-refractivity contribution is 6.19. The van der Waals surface area contributed by atoms with Crippen molar-refractivity contribution >= 4 is 23.4 Å². The number of pyridine rings is 1. The minimum Gasteiger partial charge on any atom is -0.357 e. The van der Waals surface area contributed by atoms with Gasteiger partial charge in [-0.1, -0.05) is 0 Å². The summed E-state index contributed by atoms with van der Waals surface area (Å²) in [5.74, 6) is -1.26. The van der Waals surface area contributed by atoms with Gasteiger partial charge in [-0.05, 0) is 49.2 Å². The Balaban J connectivity index is 1.43. The van der Waals surface area contributed by atoms with Crippen LogP contribution in [0.5, 0.6) is 0 Å². The Hall–Kier alpha value is -3.55. The molecule has 1 aromatic carbocycles. The van der Waals surface area contributed by atoms with E-state index in [1.165, 1.54) is 25.4 Å². The number of amides is 3. The van der Waals surface area contributed by atoms with Crippen LogP contribution in [0.25, 0.3) is 11.3 Å². The number of anilines is 1. The molecule has 3 heterocycles. The number of carbonyl (C=O) groups is 3. The first kappa shape index (κ1) is 18.8. The van der Waals surface area contributed by atoms with Gasteiger partial charge in [0.15, 0.2) is 0 Å². The van der Waals surface area contributed by atoms with E-state index in [9.17, 15) is 18.8 Å². The fourth-order valence-electron chi connectivity index (χ4n) is 3.59. The van der Waals surface area contributed by atoms with Gasteiger partial charge in [0.25, 0.3) is 11.8 Å². The Morgan fingerprint density at radius 2 is 1.90 bits per heavy atom. The highest BCUT2D eigenvalue weighted by Gasteiger charge is 2.40. The summed E-state index contributed by atoms with van der Waals surface area (Å²) in [5, 5.41) is 2.76. The zero-order valence-corrected chi connectivity index (χ0v) is 15.8. The average molecular weight is 394 g/mol. The molecule has 29 heavy (non-hydrogen) atoms. The van der Waals surface area contributed by atoms with E-state index in [2.05, 4.69) is 10.3 Å². The summed E-state index contributed by atoms with van der Waals surface area (Å²) < 4.78 is 13.0. The SMILES string of the molecule is CN1C(=O)C2=C(C1=O)N(CC(=O)Nc1ccc(-c3ccc(F)cc3)nc1)CCC2. The summed E-state index contributed by atoms with van der Waals surface area (Å²) in [6.07, 6.45) is 2.79. The predicted molar refractivity (Wildman–Crippen MR) is 104 cm³/mol. The normalized spacial score (nSPS) is 16.3. The van der Waals surface area contributed by atoms with Crippen molar-refractivity contribution in [3.63, 3.8) is 0 Å². The number of nitrogens with one attached hydrogen (secondary N) is 1. The van der Waals surface area contributed by atoms with Gasteiger partial charge in [-0.2, -0.15) is 0 Å². The van der Waals surface area contributed by atoms with Crippen molar-refractivity contribution < 1.29 is 18.8 Å². The smallest absolute Gasteiger partial charge is 0.277 e. The molecule has 0 aliphatic carbocycles. The Morgan fingerprint density at radius 3 is 2.59 bits per heavy atom. The second-order valence-electron chi connectivity index (χ2n) is 7.01. The van der Waals surface area contributed by atoms with Crippen molar-refractivity contribution in [1.29, 1.82) is 0 Å². The third kappa shape index (κ3) is 3.61. The summed E-state index contributed by atoms with van der Waals surface area (Å²) in [5.41, 5.74) is 2.76. The summed E-state index contributed by atoms with van der Waals surface area (Å²) in [6, 6.07) is 9.44. The van der Waals surface area contributed by atoms with Crippen LogP contribution < -0.4 is 5.32 Å². The molecular weight excluding hydrogens is 375 g/mol. The topological polar surface area (TPSA) is 82.6 Å². The molecule has 7 nitrogen and oxygen atoms in total. The van der Waals surface area contributed by atoms with Gasteiger partial charge in [-0.25, -0.2) is 4.39 Å². The second kappa shape index (κ2) is 7.46. The molecule has 1 N–H and O–H groups in total. The van der Waals surface area contributed by atoms with Gasteiger partial charge >= 0.3 is 0 Å². The molecule has 4 rings (SSSR count). The molecule has 2 aliphatic rings. The molecule has 0 spiro atoms. The molecule has 3 amide bonds. The van der Waals surface area contributed by atoms with E-state index >= 15 is 0 Å². The zero-order chi connectivity index (χ0) is 20.5. The van der Waals surface area contributed by atoms with Gasteiger partial charge in [-0.15, -0.1) is 0 Å². The van der Waals surface area contributed by atoms with E-state index in [4.69, 9.17) is 0 Å². The van der Waals surface area contributed by atoms with Crippen LogP contribution >= 0.6 is 0 Å². The monoisotopic (exact) mass is 394 g/mol. The predicted octanol–water partition coefficient (Wildman–Crippen LogP) is 2.17. The van der Waals surface area contributed by atoms with E-state index < -0.39 is 0 Å². The van der Waals surface area contributed by atoms with Crippen molar-refractivity contribution in [2.45, 2.75) is 12.8 Å². The molecule has 0 saturated heterocycles. The van der Waals surface area contributed by atoms with Crippen LogP contribution in [0, 0.1) is 5.82 Å². The number of benzene rings is 1. The molecule has 0 fully saturated rings. The lowest BCUT2D eigenvalue weighted by atomic mass is 10.0. The molecule has 0 unspecified atom stereocenters. The Morgan fingerprint density at radius 1 is 1.14 bits per heavy atom. The van der Waals surface area contributed by atoms with E-state index in [0.717, 1.165) is 10.5 Å². The number of aromatic nitrogens is 1. The maximum atomic E-state index is 13.0. The van der Waals surface area contributed by atoms with Crippen LogP contribution in [-0.4, -0.2) is 52.6 Å². The van der Waals surface area contributed by atoms with Crippen molar-refractivity contribution in [3.05, 3.63) is 59.7 Å². The fourth-order valence-corrected chi connectivity index (χ4v) is 3.59. The molecule has 8 heteroatoms. The van der Waals surface area contributed by atoms with Crippen LogP contribution in [-0.2, 0) is 14.4 Å². The van der Waals surface area contributed by atoms with Crippen molar-refractivity contribution in [2.24, 2.45) is 0 Å². The zero-order valence-electron chi connectivity index (χ0n) is 15.8. The van der Waals surface area contributed by atoms with Crippen LogP contribution in [0.2, 0.25) is 0 Å². The number of rotatable bonds is 4. The van der Waals surface area contributed by atoms with Gasteiger partial charge in [0, 0.05) is 24.7 Å². The van der Waals surface area contributed by atoms with E-state index in [1.54, 1.807) is 29.2 Å². The number of likely N-dealkylation sites (N-methyl/N-ethyl adjacent to an activating group) is 1. The summed E-state index contributed by atoms with van der Waals surface area (Å²) in [7, 11) is 1.45. The maximum absolute atomic E-state index is 13.0. The largest absolute Gasteiger partial charge is 0.357 e. The molecule has 0 atom stereocenters. The quantitative estimate of drug-likeness (QED) is 0.804. The first-order valence-electron chi connectivity index (χ1n) is 9.26. The third-order valence-electron chi connectivity index (χ3n) is 5.05. The standard InChI is InChI=1S/C21H19FN4O3/c1-25-20(28)16-3-2-10-26(19(16)21(25)29)12-18(27)24-15-8-9-17(23-11-15)13-4-6-14(22)7-5-13/h4-9,11H,2-3,10,12H2,1H3,(H,24,27). The number of hydrogen-bond donors (Lipinski definition) is 1. The van der Waals surface area contributed by atoms with Gasteiger partial charge in [0.2, 0.25) is 5.91 Å². The number of carbonyl (C=O) groups excluding carboxylic acids is 3. The maximum Gasteiger partial charge on any atom is 0.277 e. The number of halogens is 1. The molecule has 148 valence electrons. The molecule has 2 aromatic rings. The Kier molecular flexibility index (Phi) is 4.84. The van der Waals surface area contributed by atoms with Crippen molar-refractivity contribution in [1.82, 2.24) is 14.8 Å². The summed E-state index contributed by atoms with van der Waals surface area (Å²) in [6.45, 7) is 0.520. The van der Waals surface area contributed by atoms with E-state index in [1.807, 2.05) is 0 Å². The van der Waals surface area contributed by atoms with Crippen LogP contribution in [0.4, 0.5) is 10.1 Å². The van der Waals surface area contributed by atoms with E-state index in [0.29, 0.717) is 42.0 Å². The van der Waals surface area contributed by atoms with Crippen LogP contribution in [0.15, 0.2) is 53.9 Å². The van der Waals surface area contributed by atoms with Gasteiger partial charge in [-0.3, -0.25) is 24.3 Å². The Labute approximate surface area is 166 Å². The number of nitrogens with zero attached hydrogens (tertiary/aromatic N) is 3. The summed E-state index contributed by atoms with van der Waals surface area (Å²) >= 11 is 0. The first-order chi connectivity index (χ1) is 13.9. The Bertz CT molecular complexity index is 1020. The second-order valence-corrected chi connectivity index (χ2v) is 7.01. The average Bonchev–Trinajstić information content (AvgIpc) is 2.94. The number of imide groups is 1. The van der Waals surface area contributed by atoms with Crippen LogP contribution in [0.3, 0.4) is 0 Å². The lowest BCUT2D eigenvalue weighted by molar-refractivity contribution is -0.136. The fraction of sp³-hybridized carbons (Fsp3) is 0.238. The highest BCUT2D eigenvalue weighted by Crippen LogP contribution is 2.30.